The molecule has 0 aliphatic heterocycles. The van der Waals surface area contributed by atoms with Crippen LogP contribution in [0.2, 0.25) is 0 Å². The van der Waals surface area contributed by atoms with E-state index < -0.39 is 10.0 Å². The van der Waals surface area contributed by atoms with Gasteiger partial charge in [0.1, 0.15) is 0 Å². The lowest BCUT2D eigenvalue weighted by atomic mass is 10.4. The van der Waals surface area contributed by atoms with Gasteiger partial charge in [-0.3, -0.25) is 0 Å². The first kappa shape index (κ1) is 17.6. The highest BCUT2D eigenvalue weighted by atomic mass is 32.2. The molecule has 0 amide bonds. The quantitative estimate of drug-likeness (QED) is 0.669. The molecule has 116 valence electrons. The van der Waals surface area contributed by atoms with Crippen molar-refractivity contribution in [2.75, 3.05) is 32.8 Å². The minimum Gasteiger partial charge on any atom is -0.380 e. The molecule has 0 radical (unpaired) electrons. The molecule has 5 nitrogen and oxygen atoms in total. The number of nitrogens with zero attached hydrogens (tertiary/aromatic N) is 1. The van der Waals surface area contributed by atoms with Crippen molar-refractivity contribution in [3.05, 3.63) is 16.3 Å². The summed E-state index contributed by atoms with van der Waals surface area (Å²) >= 11 is 1.47. The summed E-state index contributed by atoms with van der Waals surface area (Å²) in [4.78, 5) is 1.42. The van der Waals surface area contributed by atoms with Gasteiger partial charge in [-0.2, -0.15) is 4.31 Å². The van der Waals surface area contributed by atoms with Crippen molar-refractivity contribution in [2.24, 2.45) is 0 Å². The Morgan fingerprint density at radius 1 is 1.35 bits per heavy atom. The monoisotopic (exact) mass is 320 g/mol. The average Bonchev–Trinajstić information content (AvgIpc) is 2.90. The summed E-state index contributed by atoms with van der Waals surface area (Å²) in [5.41, 5.74) is 0. The highest BCUT2D eigenvalue weighted by molar-refractivity contribution is 7.89. The number of sulfonamides is 1. The van der Waals surface area contributed by atoms with E-state index in [2.05, 4.69) is 5.32 Å². The smallest absolute Gasteiger partial charge is 0.243 e. The van der Waals surface area contributed by atoms with Gasteiger partial charge in [-0.05, 0) is 19.5 Å². The zero-order chi connectivity index (χ0) is 15.0. The van der Waals surface area contributed by atoms with E-state index in [0.717, 1.165) is 11.4 Å². The van der Waals surface area contributed by atoms with Crippen molar-refractivity contribution in [1.29, 1.82) is 0 Å². The topological polar surface area (TPSA) is 58.6 Å². The van der Waals surface area contributed by atoms with Crippen LogP contribution < -0.4 is 5.32 Å². The maximum atomic E-state index is 12.5. The Hall–Kier alpha value is -0.470. The molecule has 0 saturated carbocycles. The van der Waals surface area contributed by atoms with Gasteiger partial charge in [0, 0.05) is 36.5 Å². The molecule has 1 N–H and O–H groups in total. The van der Waals surface area contributed by atoms with Gasteiger partial charge in [0.05, 0.1) is 11.5 Å². The second-order valence-electron chi connectivity index (χ2n) is 4.22. The van der Waals surface area contributed by atoms with E-state index in [1.165, 1.54) is 15.6 Å². The Morgan fingerprint density at radius 3 is 2.70 bits per heavy atom. The van der Waals surface area contributed by atoms with Crippen LogP contribution in [-0.4, -0.2) is 45.6 Å². The van der Waals surface area contributed by atoms with Crippen molar-refractivity contribution in [3.8, 4) is 0 Å². The van der Waals surface area contributed by atoms with E-state index in [1.807, 2.05) is 20.8 Å². The summed E-state index contributed by atoms with van der Waals surface area (Å²) in [5.74, 6) is 0. The largest absolute Gasteiger partial charge is 0.380 e. The number of hydrogen-bond donors (Lipinski definition) is 1. The van der Waals surface area contributed by atoms with Crippen molar-refractivity contribution < 1.29 is 13.2 Å². The minimum atomic E-state index is -3.40. The Morgan fingerprint density at radius 2 is 2.10 bits per heavy atom. The first-order valence-electron chi connectivity index (χ1n) is 6.92. The number of hydrogen-bond acceptors (Lipinski definition) is 5. The summed E-state index contributed by atoms with van der Waals surface area (Å²) < 4.78 is 31.7. The third-order valence-electron chi connectivity index (χ3n) is 2.86. The number of nitrogens with one attached hydrogen (secondary N) is 1. The summed E-state index contributed by atoms with van der Waals surface area (Å²) in [5, 5.41) is 4.91. The zero-order valence-electron chi connectivity index (χ0n) is 12.4. The molecule has 20 heavy (non-hydrogen) atoms. The van der Waals surface area contributed by atoms with Crippen LogP contribution in [0.3, 0.4) is 0 Å². The van der Waals surface area contributed by atoms with Gasteiger partial charge in [0.25, 0.3) is 0 Å². The predicted octanol–water partition coefficient (Wildman–Crippen LogP) is 1.90. The van der Waals surface area contributed by atoms with Crippen molar-refractivity contribution in [3.63, 3.8) is 0 Å². The molecule has 0 fully saturated rings. The van der Waals surface area contributed by atoms with E-state index in [0.29, 0.717) is 37.7 Å². The van der Waals surface area contributed by atoms with Gasteiger partial charge < -0.3 is 10.1 Å². The van der Waals surface area contributed by atoms with Crippen LogP contribution in [0.4, 0.5) is 0 Å². The van der Waals surface area contributed by atoms with E-state index in [1.54, 1.807) is 11.4 Å². The van der Waals surface area contributed by atoms with Crippen LogP contribution >= 0.6 is 11.3 Å². The lowest BCUT2D eigenvalue weighted by Gasteiger charge is -2.19. The second-order valence-corrected chi connectivity index (χ2v) is 7.16. The van der Waals surface area contributed by atoms with E-state index in [9.17, 15) is 8.42 Å². The Bertz CT molecular complexity index is 486. The molecule has 0 unspecified atom stereocenters. The van der Waals surface area contributed by atoms with E-state index in [-0.39, 0.29) is 0 Å². The number of likely N-dealkylation sites (N-methyl/N-ethyl adjacent to an activating group) is 1. The van der Waals surface area contributed by atoms with Gasteiger partial charge in [0.15, 0.2) is 0 Å². The maximum absolute atomic E-state index is 12.5. The molecule has 1 aromatic rings. The average molecular weight is 320 g/mol. The van der Waals surface area contributed by atoms with Gasteiger partial charge in [-0.25, -0.2) is 8.42 Å². The molecule has 1 heterocycles. The van der Waals surface area contributed by atoms with Gasteiger partial charge in [-0.1, -0.05) is 13.8 Å². The maximum Gasteiger partial charge on any atom is 0.243 e. The first-order chi connectivity index (χ1) is 9.56. The summed E-state index contributed by atoms with van der Waals surface area (Å²) in [6.45, 7) is 9.22. The summed E-state index contributed by atoms with van der Waals surface area (Å²) in [7, 11) is -3.40. The van der Waals surface area contributed by atoms with Crippen LogP contribution in [0.1, 0.15) is 25.6 Å². The molecule has 0 bridgehead atoms. The third kappa shape index (κ3) is 4.82. The van der Waals surface area contributed by atoms with Crippen LogP contribution in [0.25, 0.3) is 0 Å². The molecular weight excluding hydrogens is 296 g/mol. The number of rotatable bonds is 10. The summed E-state index contributed by atoms with van der Waals surface area (Å²) in [6.07, 6.45) is 0. The lowest BCUT2D eigenvalue weighted by Crippen LogP contribution is -2.33. The van der Waals surface area contributed by atoms with Crippen LogP contribution in [-0.2, 0) is 21.3 Å². The SMILES string of the molecule is CCNCc1cc(S(=O)(=O)N(CC)CCOCC)cs1. The molecule has 0 aliphatic carbocycles. The molecule has 0 aliphatic rings. The number of ether oxygens (including phenoxy) is 1. The molecule has 0 saturated heterocycles. The summed E-state index contributed by atoms with van der Waals surface area (Å²) in [6, 6.07) is 1.76. The zero-order valence-corrected chi connectivity index (χ0v) is 14.0. The molecule has 0 aromatic carbocycles. The Labute approximate surface area is 126 Å². The van der Waals surface area contributed by atoms with E-state index >= 15 is 0 Å². The molecular formula is C13H24N2O3S2. The normalized spacial score (nSPS) is 12.2. The standard InChI is InChI=1S/C13H24N2O3S2/c1-4-14-10-12-9-13(11-19-12)20(16,17)15(5-2)7-8-18-6-3/h9,11,14H,4-8,10H2,1-3H3. The van der Waals surface area contributed by atoms with E-state index in [4.69, 9.17) is 4.74 Å². The highest BCUT2D eigenvalue weighted by Crippen LogP contribution is 2.22. The predicted molar refractivity (Wildman–Crippen MR) is 82.6 cm³/mol. The number of thiophene rings is 1. The Balaban J connectivity index is 2.76. The fraction of sp³-hybridized carbons (Fsp3) is 0.692. The lowest BCUT2D eigenvalue weighted by molar-refractivity contribution is 0.135. The van der Waals surface area contributed by atoms with Crippen LogP contribution in [0.15, 0.2) is 16.3 Å². The fourth-order valence-corrected chi connectivity index (χ4v) is 4.41. The molecule has 7 heteroatoms. The van der Waals surface area contributed by atoms with Crippen LogP contribution in [0.5, 0.6) is 0 Å². The van der Waals surface area contributed by atoms with Gasteiger partial charge in [-0.15, -0.1) is 11.3 Å². The van der Waals surface area contributed by atoms with Crippen molar-refractivity contribution >= 4 is 21.4 Å². The van der Waals surface area contributed by atoms with Crippen LogP contribution in [0, 0.1) is 0 Å². The van der Waals surface area contributed by atoms with Crippen molar-refractivity contribution in [2.45, 2.75) is 32.2 Å². The Kier molecular flexibility index (Phi) is 7.68. The second kappa shape index (κ2) is 8.74. The molecule has 0 spiro atoms. The minimum absolute atomic E-state index is 0.383. The molecule has 0 atom stereocenters. The molecule has 1 rings (SSSR count). The molecule has 1 aromatic heterocycles. The third-order valence-corrected chi connectivity index (χ3v) is 5.90. The fourth-order valence-electron chi connectivity index (χ4n) is 1.74. The first-order valence-corrected chi connectivity index (χ1v) is 9.24. The van der Waals surface area contributed by atoms with Gasteiger partial charge in [0.2, 0.25) is 10.0 Å². The van der Waals surface area contributed by atoms with Gasteiger partial charge >= 0.3 is 0 Å². The highest BCUT2D eigenvalue weighted by Gasteiger charge is 2.23. The van der Waals surface area contributed by atoms with Crippen molar-refractivity contribution in [1.82, 2.24) is 9.62 Å².